The zero-order valence-electron chi connectivity index (χ0n) is 16.2. The molecule has 0 radical (unpaired) electrons. The van der Waals surface area contributed by atoms with Gasteiger partial charge in [0.05, 0.1) is 11.7 Å². The van der Waals surface area contributed by atoms with Gasteiger partial charge in [-0.25, -0.2) is 4.98 Å². The predicted molar refractivity (Wildman–Crippen MR) is 113 cm³/mol. The number of aliphatic hydroxyl groups excluding tert-OH is 1. The van der Waals surface area contributed by atoms with Gasteiger partial charge in [0, 0.05) is 54.0 Å². The molecule has 7 nitrogen and oxygen atoms in total. The fraction of sp³-hybridized carbons (Fsp3) is 0.238. The number of rotatable bonds is 6. The van der Waals surface area contributed by atoms with Crippen LogP contribution in [0.1, 0.15) is 16.8 Å². The number of alkyl halides is 3. The molecule has 3 heterocycles. The summed E-state index contributed by atoms with van der Waals surface area (Å²) in [6.45, 7) is 1.14. The van der Waals surface area contributed by atoms with E-state index in [2.05, 4.69) is 20.0 Å². The molecule has 4 rings (SSSR count). The number of ether oxygens (including phenoxy) is 1. The molecule has 0 saturated carbocycles. The Morgan fingerprint density at radius 3 is 2.71 bits per heavy atom. The Morgan fingerprint density at radius 1 is 1.32 bits per heavy atom. The van der Waals surface area contributed by atoms with Crippen molar-refractivity contribution in [2.24, 2.45) is 0 Å². The summed E-state index contributed by atoms with van der Waals surface area (Å²) in [6, 6.07) is 10.8. The van der Waals surface area contributed by atoms with Gasteiger partial charge in [0.15, 0.2) is 0 Å². The first-order chi connectivity index (χ1) is 14.8. The van der Waals surface area contributed by atoms with Crippen LogP contribution in [-0.2, 0) is 0 Å². The smallest absolute Gasteiger partial charge is 0.420 e. The average molecular weight is 449 g/mol. The van der Waals surface area contributed by atoms with Gasteiger partial charge < -0.3 is 25.0 Å². The van der Waals surface area contributed by atoms with Crippen molar-refractivity contribution in [3.05, 3.63) is 60.4 Å². The van der Waals surface area contributed by atoms with Crippen molar-refractivity contribution in [2.45, 2.75) is 18.1 Å². The van der Waals surface area contributed by atoms with Crippen molar-refractivity contribution < 1.29 is 23.4 Å². The summed E-state index contributed by atoms with van der Waals surface area (Å²) in [7, 11) is 0. The third-order valence-electron chi connectivity index (χ3n) is 4.83. The van der Waals surface area contributed by atoms with Crippen LogP contribution in [0.5, 0.6) is 5.75 Å². The van der Waals surface area contributed by atoms with E-state index in [1.807, 2.05) is 17.0 Å². The molecular weight excluding hydrogens is 430 g/mol. The van der Waals surface area contributed by atoms with Gasteiger partial charge in [0.1, 0.15) is 11.6 Å². The highest BCUT2D eigenvalue weighted by atomic mass is 35.5. The first-order valence-electron chi connectivity index (χ1n) is 9.52. The number of hydrogen-bond acceptors (Lipinski definition) is 5. The molecule has 162 valence electrons. The molecule has 3 aromatic rings. The number of nitrogens with one attached hydrogen (secondary N) is 2. The summed E-state index contributed by atoms with van der Waals surface area (Å²) in [5, 5.41) is 12.6. The molecule has 1 amide bonds. The van der Waals surface area contributed by atoms with E-state index < -0.39 is 17.6 Å². The highest BCUT2D eigenvalue weighted by Crippen LogP contribution is 2.31. The number of anilines is 2. The molecule has 1 aliphatic heterocycles. The Morgan fingerprint density at radius 2 is 2.10 bits per heavy atom. The van der Waals surface area contributed by atoms with Crippen LogP contribution in [0.25, 0.3) is 11.3 Å². The minimum Gasteiger partial charge on any atom is -0.420 e. The number of halogens is 3. The monoisotopic (exact) mass is 448 g/mol. The van der Waals surface area contributed by atoms with Gasteiger partial charge in [0.2, 0.25) is 0 Å². The molecule has 31 heavy (non-hydrogen) atoms. The molecule has 0 bridgehead atoms. The zero-order valence-corrected chi connectivity index (χ0v) is 16.9. The number of aromatic amines is 1. The highest BCUT2D eigenvalue weighted by Gasteiger charge is 2.27. The average Bonchev–Trinajstić information content (AvgIpc) is 3.40. The lowest BCUT2D eigenvalue weighted by atomic mass is 10.1. The molecular formula is C21H19ClF2N4O3. The second kappa shape index (κ2) is 8.52. The Balaban J connectivity index is 1.55. The Hall–Kier alpha value is -3.17. The highest BCUT2D eigenvalue weighted by molar-refractivity contribution is 6.20. The molecule has 1 atom stereocenters. The van der Waals surface area contributed by atoms with Crippen molar-refractivity contribution in [3.8, 4) is 17.0 Å². The van der Waals surface area contributed by atoms with Crippen molar-refractivity contribution in [1.82, 2.24) is 9.97 Å². The molecule has 1 unspecified atom stereocenters. The van der Waals surface area contributed by atoms with E-state index in [4.69, 9.17) is 11.6 Å². The van der Waals surface area contributed by atoms with Crippen LogP contribution < -0.4 is 15.0 Å². The molecule has 1 aromatic carbocycles. The minimum atomic E-state index is -3.81. The van der Waals surface area contributed by atoms with E-state index in [0.29, 0.717) is 36.6 Å². The van der Waals surface area contributed by atoms with Gasteiger partial charge in [-0.3, -0.25) is 4.79 Å². The molecule has 2 aromatic heterocycles. The van der Waals surface area contributed by atoms with Crippen LogP contribution in [0.3, 0.4) is 0 Å². The summed E-state index contributed by atoms with van der Waals surface area (Å²) in [5.41, 5.74) is -1.57. The lowest BCUT2D eigenvalue weighted by Gasteiger charge is -2.20. The number of H-pyrrole nitrogens is 1. The number of nitrogens with zero attached hydrogens (tertiary/aromatic N) is 2. The Labute approximate surface area is 181 Å². The van der Waals surface area contributed by atoms with Crippen molar-refractivity contribution in [3.63, 3.8) is 0 Å². The number of carbonyl (C=O) groups is 1. The van der Waals surface area contributed by atoms with Crippen molar-refractivity contribution in [1.29, 1.82) is 0 Å². The molecule has 3 N–H and O–H groups in total. The quantitative estimate of drug-likeness (QED) is 0.494. The Kier molecular flexibility index (Phi) is 5.79. The first-order valence-corrected chi connectivity index (χ1v) is 9.90. The van der Waals surface area contributed by atoms with E-state index in [1.165, 1.54) is 30.5 Å². The van der Waals surface area contributed by atoms with Gasteiger partial charge in [-0.05, 0) is 48.9 Å². The number of β-amino-alcohol motifs (C(OH)–C–C–N with tert-alkyl or cyclic N) is 1. The second-order valence-electron chi connectivity index (χ2n) is 7.09. The second-order valence-corrected chi connectivity index (χ2v) is 7.53. The van der Waals surface area contributed by atoms with Gasteiger partial charge >= 0.3 is 5.57 Å². The van der Waals surface area contributed by atoms with Crippen LogP contribution in [0.2, 0.25) is 0 Å². The minimum absolute atomic E-state index is 0.133. The number of benzene rings is 1. The molecule has 1 fully saturated rings. The molecule has 10 heteroatoms. The first kappa shape index (κ1) is 21.1. The standard InChI is InChI=1S/C21H19ClF2N4O3/c22-21(23,24)31-16-5-3-14(4-6-16)27-20(30)13-10-17(18-2-1-8-25-18)19(26-11-13)28-9-7-15(29)12-28/h1-6,8,10-11,15,25,29H,7,9,12H2,(H,27,30). The van der Waals surface area contributed by atoms with E-state index in [9.17, 15) is 18.7 Å². The molecule has 1 saturated heterocycles. The fourth-order valence-electron chi connectivity index (χ4n) is 3.41. The van der Waals surface area contributed by atoms with Crippen LogP contribution in [0.4, 0.5) is 20.3 Å². The van der Waals surface area contributed by atoms with E-state index in [1.54, 1.807) is 12.3 Å². The van der Waals surface area contributed by atoms with Gasteiger partial charge in [-0.15, -0.1) is 8.78 Å². The maximum atomic E-state index is 12.7. The van der Waals surface area contributed by atoms with E-state index in [0.717, 1.165) is 11.3 Å². The lowest BCUT2D eigenvalue weighted by molar-refractivity contribution is -0.0964. The third kappa shape index (κ3) is 5.12. The number of amides is 1. The van der Waals surface area contributed by atoms with E-state index >= 15 is 0 Å². The number of pyridine rings is 1. The third-order valence-corrected chi connectivity index (χ3v) is 4.90. The van der Waals surface area contributed by atoms with Gasteiger partial charge in [-0.2, -0.15) is 0 Å². The topological polar surface area (TPSA) is 90.5 Å². The fourth-order valence-corrected chi connectivity index (χ4v) is 3.50. The molecule has 0 aliphatic carbocycles. The summed E-state index contributed by atoms with van der Waals surface area (Å²) in [5.74, 6) is 0.134. The van der Waals surface area contributed by atoms with Crippen LogP contribution >= 0.6 is 11.6 Å². The number of aromatic nitrogens is 2. The van der Waals surface area contributed by atoms with Crippen molar-refractivity contribution in [2.75, 3.05) is 23.3 Å². The number of carbonyl (C=O) groups excluding carboxylic acids is 1. The lowest BCUT2D eigenvalue weighted by Crippen LogP contribution is -2.23. The maximum Gasteiger partial charge on any atom is 0.487 e. The maximum absolute atomic E-state index is 12.7. The van der Waals surface area contributed by atoms with Crippen molar-refractivity contribution >= 4 is 29.0 Å². The summed E-state index contributed by atoms with van der Waals surface area (Å²) >= 11 is 4.74. The van der Waals surface area contributed by atoms with Gasteiger partial charge in [0.25, 0.3) is 5.91 Å². The summed E-state index contributed by atoms with van der Waals surface area (Å²) in [6.07, 6.45) is 3.49. The van der Waals surface area contributed by atoms with Crippen LogP contribution in [0.15, 0.2) is 54.9 Å². The zero-order chi connectivity index (χ0) is 22.0. The van der Waals surface area contributed by atoms with Crippen LogP contribution in [0, 0.1) is 0 Å². The van der Waals surface area contributed by atoms with E-state index in [-0.39, 0.29) is 5.75 Å². The summed E-state index contributed by atoms with van der Waals surface area (Å²) < 4.78 is 29.7. The normalized spacial score (nSPS) is 16.4. The predicted octanol–water partition coefficient (Wildman–Crippen LogP) is 4.07. The van der Waals surface area contributed by atoms with Crippen LogP contribution in [-0.4, -0.2) is 45.7 Å². The van der Waals surface area contributed by atoms with Gasteiger partial charge in [-0.1, -0.05) is 0 Å². The Bertz CT molecular complexity index is 1060. The molecule has 1 aliphatic rings. The number of aliphatic hydroxyl groups is 1. The molecule has 0 spiro atoms. The SMILES string of the molecule is O=C(Nc1ccc(OC(F)(F)Cl)cc1)c1cnc(N2CCC(O)C2)c(-c2ccc[nH]2)c1. The largest absolute Gasteiger partial charge is 0.487 e. The number of hydrogen-bond donors (Lipinski definition) is 3. The summed E-state index contributed by atoms with van der Waals surface area (Å²) in [4.78, 5) is 22.3.